The number of rotatable bonds is 3. The summed E-state index contributed by atoms with van der Waals surface area (Å²) in [6.07, 6.45) is 1.32. The molecule has 0 saturated carbocycles. The van der Waals surface area contributed by atoms with Gasteiger partial charge >= 0.3 is 5.97 Å². The molecule has 0 unspecified atom stereocenters. The summed E-state index contributed by atoms with van der Waals surface area (Å²) in [7, 11) is 0. The summed E-state index contributed by atoms with van der Waals surface area (Å²) in [6.45, 7) is 3.91. The maximum absolute atomic E-state index is 12.2. The Morgan fingerprint density at radius 3 is 2.56 bits per heavy atom. The van der Waals surface area contributed by atoms with Crippen molar-refractivity contribution in [1.29, 1.82) is 0 Å². The van der Waals surface area contributed by atoms with Gasteiger partial charge in [-0.15, -0.1) is 0 Å². The van der Waals surface area contributed by atoms with E-state index in [1.54, 1.807) is 6.07 Å². The largest absolute Gasteiger partial charge is 0.454 e. The number of hydrogen-bond donors (Lipinski definition) is 0. The van der Waals surface area contributed by atoms with E-state index in [4.69, 9.17) is 14.2 Å². The normalized spacial score (nSPS) is 16.4. The van der Waals surface area contributed by atoms with Crippen molar-refractivity contribution < 1.29 is 23.9 Å². The van der Waals surface area contributed by atoms with E-state index in [1.807, 2.05) is 26.0 Å². The molecule has 0 aliphatic carbocycles. The number of nitro groups is 1. The third-order valence-electron chi connectivity index (χ3n) is 4.39. The Labute approximate surface area is 153 Å². The van der Waals surface area contributed by atoms with Crippen LogP contribution in [0.1, 0.15) is 22.3 Å². The Morgan fingerprint density at radius 2 is 1.85 bits per heavy atom. The van der Waals surface area contributed by atoms with Gasteiger partial charge in [0.2, 0.25) is 12.7 Å². The number of esters is 1. The number of ether oxygens (including phenoxy) is 3. The van der Waals surface area contributed by atoms with Gasteiger partial charge in [-0.25, -0.2) is 9.79 Å². The molecule has 0 N–H and O–H groups in total. The van der Waals surface area contributed by atoms with Crippen LogP contribution in [0.2, 0.25) is 0 Å². The minimum atomic E-state index is -0.671. The minimum absolute atomic E-state index is 0.0103. The first-order valence-corrected chi connectivity index (χ1v) is 8.10. The Hall–Kier alpha value is -3.68. The van der Waals surface area contributed by atoms with Gasteiger partial charge in [-0.3, -0.25) is 10.1 Å². The van der Waals surface area contributed by atoms with Gasteiger partial charge in [0, 0.05) is 5.56 Å². The number of cyclic esters (lactones) is 1. The number of carbonyl (C=O) groups excluding carboxylic acids is 1. The van der Waals surface area contributed by atoms with Crippen molar-refractivity contribution in [2.75, 3.05) is 6.79 Å². The summed E-state index contributed by atoms with van der Waals surface area (Å²) < 4.78 is 15.7. The fourth-order valence-corrected chi connectivity index (χ4v) is 2.78. The van der Waals surface area contributed by atoms with Gasteiger partial charge in [-0.05, 0) is 49.2 Å². The van der Waals surface area contributed by atoms with Crippen molar-refractivity contribution in [1.82, 2.24) is 0 Å². The molecule has 8 nitrogen and oxygen atoms in total. The fourth-order valence-electron chi connectivity index (χ4n) is 2.78. The first-order valence-electron chi connectivity index (χ1n) is 8.10. The van der Waals surface area contributed by atoms with Gasteiger partial charge in [-0.1, -0.05) is 6.07 Å². The van der Waals surface area contributed by atoms with E-state index in [2.05, 4.69) is 4.99 Å². The molecule has 0 atom stereocenters. The van der Waals surface area contributed by atoms with Crippen LogP contribution in [0, 0.1) is 24.0 Å². The zero-order valence-electron chi connectivity index (χ0n) is 14.5. The number of nitro benzene ring substituents is 1. The quantitative estimate of drug-likeness (QED) is 0.358. The first kappa shape index (κ1) is 16.8. The van der Waals surface area contributed by atoms with Crippen molar-refractivity contribution in [3.8, 4) is 11.5 Å². The Morgan fingerprint density at radius 1 is 1.11 bits per heavy atom. The first-order chi connectivity index (χ1) is 12.9. The number of benzene rings is 2. The number of carbonyl (C=O) groups is 1. The highest BCUT2D eigenvalue weighted by Gasteiger charge is 2.27. The molecule has 27 heavy (non-hydrogen) atoms. The van der Waals surface area contributed by atoms with Crippen LogP contribution in [0.25, 0.3) is 6.08 Å². The molecular formula is C19H14N2O6. The third-order valence-corrected chi connectivity index (χ3v) is 4.39. The van der Waals surface area contributed by atoms with Gasteiger partial charge in [0.1, 0.15) is 0 Å². The van der Waals surface area contributed by atoms with E-state index in [-0.39, 0.29) is 35.4 Å². The lowest BCUT2D eigenvalue weighted by molar-refractivity contribution is -0.385. The van der Waals surface area contributed by atoms with E-state index in [0.29, 0.717) is 11.3 Å². The second-order valence-corrected chi connectivity index (χ2v) is 6.16. The summed E-state index contributed by atoms with van der Waals surface area (Å²) in [5.41, 5.74) is 2.75. The van der Waals surface area contributed by atoms with E-state index in [0.717, 1.165) is 11.1 Å². The van der Waals surface area contributed by atoms with Crippen LogP contribution >= 0.6 is 0 Å². The Balaban J connectivity index is 1.76. The lowest BCUT2D eigenvalue weighted by Gasteiger charge is -2.03. The van der Waals surface area contributed by atoms with E-state index < -0.39 is 10.9 Å². The zero-order chi connectivity index (χ0) is 19.1. The van der Waals surface area contributed by atoms with Gasteiger partial charge < -0.3 is 14.2 Å². The summed E-state index contributed by atoms with van der Waals surface area (Å²) in [5, 5.41) is 11.4. The average Bonchev–Trinajstić information content (AvgIpc) is 3.23. The number of aliphatic imine (C=N–C) groups is 1. The van der Waals surface area contributed by atoms with Crippen LogP contribution in [0.15, 0.2) is 41.0 Å². The van der Waals surface area contributed by atoms with Crippen molar-refractivity contribution in [2.24, 2.45) is 4.99 Å². The fraction of sp³-hybridized carbons (Fsp3) is 0.158. The van der Waals surface area contributed by atoms with Crippen LogP contribution in [0.4, 0.5) is 5.69 Å². The molecule has 8 heteroatoms. The van der Waals surface area contributed by atoms with Crippen LogP contribution in [0.3, 0.4) is 0 Å². The molecule has 0 saturated heterocycles. The average molecular weight is 366 g/mol. The standard InChI is InChI=1S/C19H14N2O6/c1-10-3-4-12(5-11(10)2)18-20-14(19(22)27-18)6-13-7-16-17(26-9-25-16)8-15(13)21(23)24/h3-8H,9H2,1-2H3. The number of fused-ring (bicyclic) bond motifs is 1. The predicted molar refractivity (Wildman–Crippen MR) is 95.7 cm³/mol. The van der Waals surface area contributed by atoms with Crippen LogP contribution in [0.5, 0.6) is 11.5 Å². The molecule has 4 rings (SSSR count). The predicted octanol–water partition coefficient (Wildman–Crippen LogP) is 3.28. The Bertz CT molecular complexity index is 1050. The molecule has 0 bridgehead atoms. The molecule has 2 aromatic carbocycles. The molecule has 2 aromatic rings. The minimum Gasteiger partial charge on any atom is -0.454 e. The molecular weight excluding hydrogens is 352 g/mol. The molecule has 0 fully saturated rings. The highest BCUT2D eigenvalue weighted by atomic mass is 16.7. The summed E-state index contributed by atoms with van der Waals surface area (Å²) in [5.74, 6) is 0.155. The Kier molecular flexibility index (Phi) is 3.88. The zero-order valence-corrected chi connectivity index (χ0v) is 14.5. The number of aryl methyl sites for hydroxylation is 2. The van der Waals surface area contributed by atoms with Crippen molar-refractivity contribution in [2.45, 2.75) is 13.8 Å². The molecule has 0 amide bonds. The van der Waals surface area contributed by atoms with Crippen molar-refractivity contribution in [3.63, 3.8) is 0 Å². The molecule has 0 spiro atoms. The highest BCUT2D eigenvalue weighted by Crippen LogP contribution is 2.39. The maximum Gasteiger partial charge on any atom is 0.363 e. The summed E-state index contributed by atoms with van der Waals surface area (Å²) >= 11 is 0. The van der Waals surface area contributed by atoms with Crippen LogP contribution in [-0.4, -0.2) is 23.6 Å². The third kappa shape index (κ3) is 3.01. The molecule has 2 heterocycles. The lowest BCUT2D eigenvalue weighted by Crippen LogP contribution is -2.05. The van der Waals surface area contributed by atoms with Crippen molar-refractivity contribution >= 4 is 23.6 Å². The van der Waals surface area contributed by atoms with Gasteiger partial charge in [0.25, 0.3) is 5.69 Å². The molecule has 0 radical (unpaired) electrons. The second-order valence-electron chi connectivity index (χ2n) is 6.16. The number of nitrogens with zero attached hydrogens (tertiary/aromatic N) is 2. The maximum atomic E-state index is 12.2. The molecule has 2 aliphatic heterocycles. The molecule has 0 aromatic heterocycles. The van der Waals surface area contributed by atoms with Crippen molar-refractivity contribution in [3.05, 3.63) is 68.4 Å². The molecule has 2 aliphatic rings. The van der Waals surface area contributed by atoms with Crippen LogP contribution in [-0.2, 0) is 9.53 Å². The van der Waals surface area contributed by atoms with Gasteiger partial charge in [-0.2, -0.15) is 0 Å². The molecule has 136 valence electrons. The SMILES string of the molecule is Cc1ccc(C2=NC(=Cc3cc4c(cc3[N+](=O)[O-])OCO4)C(=O)O2)cc1C. The number of hydrogen-bond acceptors (Lipinski definition) is 7. The van der Waals surface area contributed by atoms with E-state index in [9.17, 15) is 14.9 Å². The summed E-state index contributed by atoms with van der Waals surface area (Å²) in [6, 6.07) is 8.30. The lowest BCUT2D eigenvalue weighted by atomic mass is 10.1. The van der Waals surface area contributed by atoms with Crippen LogP contribution < -0.4 is 9.47 Å². The second kappa shape index (κ2) is 6.24. The summed E-state index contributed by atoms with van der Waals surface area (Å²) in [4.78, 5) is 27.2. The smallest absolute Gasteiger partial charge is 0.363 e. The van der Waals surface area contributed by atoms with E-state index >= 15 is 0 Å². The van der Waals surface area contributed by atoms with Gasteiger partial charge in [0.05, 0.1) is 16.6 Å². The van der Waals surface area contributed by atoms with E-state index in [1.165, 1.54) is 18.2 Å². The highest BCUT2D eigenvalue weighted by molar-refractivity contribution is 6.13. The monoisotopic (exact) mass is 366 g/mol. The van der Waals surface area contributed by atoms with Gasteiger partial charge in [0.15, 0.2) is 17.2 Å². The topological polar surface area (TPSA) is 100 Å².